The number of rotatable bonds is 5. The summed E-state index contributed by atoms with van der Waals surface area (Å²) in [5, 5.41) is 0.413. The zero-order valence-corrected chi connectivity index (χ0v) is 16.1. The number of H-pyrrole nitrogens is 1. The van der Waals surface area contributed by atoms with Crippen LogP contribution in [-0.4, -0.2) is 41.6 Å². The zero-order valence-electron chi connectivity index (χ0n) is 15.3. The number of hydrogen-bond acceptors (Lipinski definition) is 4. The number of fused-ring (bicyclic) bond motifs is 1. The third kappa shape index (κ3) is 3.60. The van der Waals surface area contributed by atoms with Crippen molar-refractivity contribution >= 4 is 32.7 Å². The number of halogens is 2. The van der Waals surface area contributed by atoms with E-state index in [1.165, 1.54) is 16.7 Å². The van der Waals surface area contributed by atoms with E-state index in [1.807, 2.05) is 0 Å². The van der Waals surface area contributed by atoms with Crippen molar-refractivity contribution in [3.63, 3.8) is 0 Å². The van der Waals surface area contributed by atoms with Crippen molar-refractivity contribution in [2.75, 3.05) is 17.8 Å². The first-order valence-electron chi connectivity index (χ1n) is 9.11. The number of aromatic nitrogens is 2. The number of carbonyl (C=O) groups is 1. The minimum Gasteiger partial charge on any atom is -0.345 e. The lowest BCUT2D eigenvalue weighted by Gasteiger charge is -2.26. The average molecular weight is 420 g/mol. The molecule has 10 heteroatoms. The SMILES string of the molecule is O=C(c1c(F)ccc(NS(=O)(=O)N2CCCCC2)c1F)c1c[nH]c2ncccc12. The fraction of sp³-hybridized carbons (Fsp3) is 0.263. The molecule has 4 rings (SSSR count). The lowest BCUT2D eigenvalue weighted by molar-refractivity contribution is 0.103. The van der Waals surface area contributed by atoms with Crippen LogP contribution in [0.25, 0.3) is 11.0 Å². The van der Waals surface area contributed by atoms with Crippen LogP contribution in [0, 0.1) is 11.6 Å². The van der Waals surface area contributed by atoms with Crippen LogP contribution in [0.5, 0.6) is 0 Å². The van der Waals surface area contributed by atoms with Crippen molar-refractivity contribution in [3.05, 3.63) is 59.4 Å². The van der Waals surface area contributed by atoms with E-state index in [4.69, 9.17) is 0 Å². The Bertz CT molecular complexity index is 1190. The normalized spacial score (nSPS) is 15.5. The van der Waals surface area contributed by atoms with Crippen molar-refractivity contribution in [2.45, 2.75) is 19.3 Å². The van der Waals surface area contributed by atoms with Gasteiger partial charge in [-0.05, 0) is 37.1 Å². The van der Waals surface area contributed by atoms with E-state index in [9.17, 15) is 17.6 Å². The maximum atomic E-state index is 15.0. The molecular formula is C19H18F2N4O3S. The number of hydrogen-bond donors (Lipinski definition) is 2. The highest BCUT2D eigenvalue weighted by Crippen LogP contribution is 2.28. The Balaban J connectivity index is 1.71. The van der Waals surface area contributed by atoms with Crippen LogP contribution in [0.3, 0.4) is 0 Å². The molecule has 0 spiro atoms. The molecule has 3 heterocycles. The topological polar surface area (TPSA) is 95.2 Å². The predicted molar refractivity (Wildman–Crippen MR) is 104 cm³/mol. The Labute approximate surface area is 165 Å². The number of carbonyl (C=O) groups excluding carboxylic acids is 1. The van der Waals surface area contributed by atoms with Gasteiger partial charge < -0.3 is 4.98 Å². The maximum absolute atomic E-state index is 15.0. The molecule has 0 aliphatic carbocycles. The average Bonchev–Trinajstić information content (AvgIpc) is 3.15. The van der Waals surface area contributed by atoms with Crippen molar-refractivity contribution in [1.82, 2.24) is 14.3 Å². The molecule has 0 amide bonds. The Kier molecular flexibility index (Phi) is 5.05. The van der Waals surface area contributed by atoms with Gasteiger partial charge in [-0.1, -0.05) is 6.42 Å². The summed E-state index contributed by atoms with van der Waals surface area (Å²) in [5.41, 5.74) is -0.854. The molecule has 2 N–H and O–H groups in total. The molecule has 0 bridgehead atoms. The van der Waals surface area contributed by atoms with Crippen LogP contribution < -0.4 is 4.72 Å². The van der Waals surface area contributed by atoms with Gasteiger partial charge in [0.05, 0.1) is 11.3 Å². The van der Waals surface area contributed by atoms with Gasteiger partial charge in [-0.3, -0.25) is 9.52 Å². The molecule has 1 fully saturated rings. The standard InChI is InChI=1S/C19H18F2N4O3S/c20-14-6-7-15(24-29(27,28)25-9-2-1-3-10-25)17(21)16(14)18(26)13-11-23-19-12(13)5-4-8-22-19/h4-8,11,24H,1-3,9-10H2,(H,22,23). The molecule has 0 unspecified atom stereocenters. The van der Waals surface area contributed by atoms with E-state index in [2.05, 4.69) is 14.7 Å². The summed E-state index contributed by atoms with van der Waals surface area (Å²) in [5.74, 6) is -3.24. The summed E-state index contributed by atoms with van der Waals surface area (Å²) >= 11 is 0. The van der Waals surface area contributed by atoms with Gasteiger partial charge in [0.2, 0.25) is 5.78 Å². The van der Waals surface area contributed by atoms with Gasteiger partial charge in [0.25, 0.3) is 0 Å². The van der Waals surface area contributed by atoms with Crippen LogP contribution in [0.2, 0.25) is 0 Å². The van der Waals surface area contributed by atoms with Gasteiger partial charge in [0.1, 0.15) is 11.5 Å². The Hall–Kier alpha value is -2.85. The first-order valence-corrected chi connectivity index (χ1v) is 10.5. The molecule has 0 radical (unpaired) electrons. The quantitative estimate of drug-likeness (QED) is 0.620. The molecule has 0 saturated carbocycles. The smallest absolute Gasteiger partial charge is 0.301 e. The number of ketones is 1. The predicted octanol–water partition coefficient (Wildman–Crippen LogP) is 3.21. The number of pyridine rings is 1. The second-order valence-corrected chi connectivity index (χ2v) is 8.45. The second-order valence-electron chi connectivity index (χ2n) is 6.78. The molecule has 1 aliphatic rings. The number of benzene rings is 1. The summed E-state index contributed by atoms with van der Waals surface area (Å²) in [4.78, 5) is 19.7. The third-order valence-corrected chi connectivity index (χ3v) is 6.43. The van der Waals surface area contributed by atoms with E-state index < -0.39 is 38.9 Å². The summed E-state index contributed by atoms with van der Waals surface area (Å²) < 4.78 is 57.9. The van der Waals surface area contributed by atoms with Crippen molar-refractivity contribution in [1.29, 1.82) is 0 Å². The maximum Gasteiger partial charge on any atom is 0.301 e. The lowest BCUT2D eigenvalue weighted by Crippen LogP contribution is -2.39. The number of piperidine rings is 1. The summed E-state index contributed by atoms with van der Waals surface area (Å²) in [6.45, 7) is 0.651. The molecule has 3 aromatic rings. The van der Waals surface area contributed by atoms with Crippen molar-refractivity contribution in [3.8, 4) is 0 Å². The molecule has 1 aromatic carbocycles. The van der Waals surface area contributed by atoms with E-state index in [1.54, 1.807) is 12.1 Å². The number of aromatic amines is 1. The van der Waals surface area contributed by atoms with Crippen LogP contribution in [-0.2, 0) is 10.2 Å². The molecule has 1 saturated heterocycles. The molecule has 29 heavy (non-hydrogen) atoms. The Morgan fingerprint density at radius 3 is 2.66 bits per heavy atom. The Morgan fingerprint density at radius 2 is 1.90 bits per heavy atom. The second kappa shape index (κ2) is 7.53. The number of nitrogens with one attached hydrogen (secondary N) is 2. The van der Waals surface area contributed by atoms with E-state index in [-0.39, 0.29) is 5.56 Å². The van der Waals surface area contributed by atoms with Crippen LogP contribution in [0.4, 0.5) is 14.5 Å². The highest BCUT2D eigenvalue weighted by molar-refractivity contribution is 7.90. The summed E-state index contributed by atoms with van der Waals surface area (Å²) in [6, 6.07) is 5.05. The minimum absolute atomic E-state index is 0.0435. The monoisotopic (exact) mass is 420 g/mol. The van der Waals surface area contributed by atoms with E-state index in [0.29, 0.717) is 37.0 Å². The molecule has 2 aromatic heterocycles. The molecule has 1 aliphatic heterocycles. The van der Waals surface area contributed by atoms with Crippen molar-refractivity contribution in [2.24, 2.45) is 0 Å². The van der Waals surface area contributed by atoms with Gasteiger partial charge in [-0.2, -0.15) is 12.7 Å². The molecule has 0 atom stereocenters. The van der Waals surface area contributed by atoms with Gasteiger partial charge in [0, 0.05) is 36.4 Å². The number of anilines is 1. The summed E-state index contributed by atoms with van der Waals surface area (Å²) in [7, 11) is -4.01. The van der Waals surface area contributed by atoms with E-state index >= 15 is 4.39 Å². The van der Waals surface area contributed by atoms with Crippen LogP contribution in [0.1, 0.15) is 35.2 Å². The van der Waals surface area contributed by atoms with Gasteiger partial charge >= 0.3 is 10.2 Å². The van der Waals surface area contributed by atoms with Gasteiger partial charge in [-0.15, -0.1) is 0 Å². The highest BCUT2D eigenvalue weighted by Gasteiger charge is 2.28. The molecule has 7 nitrogen and oxygen atoms in total. The fourth-order valence-electron chi connectivity index (χ4n) is 3.43. The van der Waals surface area contributed by atoms with Crippen LogP contribution in [0.15, 0.2) is 36.7 Å². The fourth-order valence-corrected chi connectivity index (χ4v) is 4.73. The zero-order chi connectivity index (χ0) is 20.6. The molecular weight excluding hydrogens is 402 g/mol. The lowest BCUT2D eigenvalue weighted by atomic mass is 10.0. The molecule has 152 valence electrons. The first kappa shape index (κ1) is 19.5. The van der Waals surface area contributed by atoms with Gasteiger partial charge in [-0.25, -0.2) is 13.8 Å². The van der Waals surface area contributed by atoms with Gasteiger partial charge in [0.15, 0.2) is 5.82 Å². The first-order chi connectivity index (χ1) is 13.9. The van der Waals surface area contributed by atoms with E-state index in [0.717, 1.165) is 18.6 Å². The highest BCUT2D eigenvalue weighted by atomic mass is 32.2. The van der Waals surface area contributed by atoms with Crippen LogP contribution >= 0.6 is 0 Å². The Morgan fingerprint density at radius 1 is 1.14 bits per heavy atom. The van der Waals surface area contributed by atoms with Crippen molar-refractivity contribution < 1.29 is 22.0 Å². The number of nitrogens with zero attached hydrogens (tertiary/aromatic N) is 2. The largest absolute Gasteiger partial charge is 0.345 e. The minimum atomic E-state index is -4.01. The third-order valence-electron chi connectivity index (χ3n) is 4.91. The summed E-state index contributed by atoms with van der Waals surface area (Å²) in [6.07, 6.45) is 5.19.